The van der Waals surface area contributed by atoms with Gasteiger partial charge in [0.05, 0.1) is 20.3 Å². The Balaban J connectivity index is 1.65. The lowest BCUT2D eigenvalue weighted by Gasteiger charge is -2.34. The Labute approximate surface area is 170 Å². The van der Waals surface area contributed by atoms with E-state index in [9.17, 15) is 18.9 Å². The first-order chi connectivity index (χ1) is 13.7. The number of H-pyrrole nitrogens is 1. The third-order valence-corrected chi connectivity index (χ3v) is 6.53. The number of aromatic amines is 1. The van der Waals surface area contributed by atoms with E-state index in [1.54, 1.807) is 6.92 Å². The van der Waals surface area contributed by atoms with E-state index in [4.69, 9.17) is 29.9 Å². The van der Waals surface area contributed by atoms with Gasteiger partial charge < -0.3 is 9.47 Å². The molecule has 0 radical (unpaired) electrons. The number of carbonyl (C=O) groups excluding carboxylic acids is 1. The molecular weight excluding hydrogens is 431 g/mol. The fourth-order valence-corrected chi connectivity index (χ4v) is 5.09. The number of fused-ring (bicyclic) bond motifs is 1. The van der Waals surface area contributed by atoms with Crippen LogP contribution in [0.15, 0.2) is 21.9 Å². The average Bonchev–Trinajstić information content (AvgIpc) is 2.91. The van der Waals surface area contributed by atoms with Gasteiger partial charge in [-0.3, -0.25) is 32.7 Å². The predicted molar refractivity (Wildman–Crippen MR) is 99.7 cm³/mol. The predicted octanol–water partition coefficient (Wildman–Crippen LogP) is 1.31. The maximum Gasteiger partial charge on any atom is 0.475 e. The summed E-state index contributed by atoms with van der Waals surface area (Å²) in [6.45, 7) is 1.52. The zero-order chi connectivity index (χ0) is 21.2. The fourth-order valence-electron chi connectivity index (χ4n) is 3.17. The molecular formula is C16H22ClN2O9P. The molecule has 2 saturated heterocycles. The van der Waals surface area contributed by atoms with Crippen LogP contribution in [-0.4, -0.2) is 52.9 Å². The molecule has 11 nitrogen and oxygen atoms in total. The number of esters is 1. The fraction of sp³-hybridized carbons (Fsp3) is 0.688. The monoisotopic (exact) mass is 452 g/mol. The van der Waals surface area contributed by atoms with Gasteiger partial charge in [0, 0.05) is 18.7 Å². The molecule has 162 valence electrons. The van der Waals surface area contributed by atoms with Crippen molar-refractivity contribution in [1.82, 2.24) is 9.55 Å². The van der Waals surface area contributed by atoms with Crippen molar-refractivity contribution in [2.24, 2.45) is 0 Å². The van der Waals surface area contributed by atoms with E-state index in [-0.39, 0.29) is 25.6 Å². The van der Waals surface area contributed by atoms with E-state index in [2.05, 4.69) is 9.72 Å². The normalized spacial score (nSPS) is 34.0. The highest BCUT2D eigenvalue weighted by atomic mass is 35.5. The standard InChI is InChI=1S/C16H22ClN2O9P/c1-16(17)13-10(27-14(16)19-7-6-11(20)18-15(19)22)9-26-29(23,28-13)25-8-4-3-5-12(21)24-2/h6-7,10,13-14H,3-5,8-9H2,1-2H3,(H,18,20,22)/t10-,13-,14-,16-,29+/m1/s1. The highest BCUT2D eigenvalue weighted by molar-refractivity contribution is 7.48. The molecule has 2 aliphatic rings. The van der Waals surface area contributed by atoms with Crippen molar-refractivity contribution in [1.29, 1.82) is 0 Å². The number of methoxy groups -OCH3 is 1. The lowest BCUT2D eigenvalue weighted by atomic mass is 10.0. The quantitative estimate of drug-likeness (QED) is 0.281. The first-order valence-corrected chi connectivity index (χ1v) is 10.8. The van der Waals surface area contributed by atoms with Crippen molar-refractivity contribution in [3.05, 3.63) is 33.1 Å². The molecule has 0 spiro atoms. The SMILES string of the molecule is COC(=O)CCCCO[P@@]1(=O)OC[C@H]2O[C@@H](n3ccc(=O)[nH]c3=O)[C@](C)(Cl)[C@@H]2O1. The smallest absolute Gasteiger partial charge is 0.469 e. The van der Waals surface area contributed by atoms with Crippen molar-refractivity contribution < 1.29 is 32.4 Å². The van der Waals surface area contributed by atoms with Crippen molar-refractivity contribution in [2.75, 3.05) is 20.3 Å². The molecule has 0 saturated carbocycles. The van der Waals surface area contributed by atoms with Gasteiger partial charge >= 0.3 is 19.5 Å². The molecule has 1 aromatic rings. The molecule has 13 heteroatoms. The van der Waals surface area contributed by atoms with E-state index in [1.807, 2.05) is 0 Å². The van der Waals surface area contributed by atoms with Gasteiger partial charge in [0.15, 0.2) is 6.23 Å². The van der Waals surface area contributed by atoms with Gasteiger partial charge in [0.1, 0.15) is 17.1 Å². The molecule has 0 aliphatic carbocycles. The van der Waals surface area contributed by atoms with Gasteiger partial charge in [0.2, 0.25) is 0 Å². The van der Waals surface area contributed by atoms with Gasteiger partial charge in [-0.2, -0.15) is 0 Å². The Hall–Kier alpha value is -1.49. The number of halogens is 1. The summed E-state index contributed by atoms with van der Waals surface area (Å²) in [4.78, 5) is 35.3. The number of phosphoric acid groups is 1. The molecule has 29 heavy (non-hydrogen) atoms. The minimum atomic E-state index is -3.90. The number of carbonyl (C=O) groups is 1. The second-order valence-electron chi connectivity index (χ2n) is 6.83. The molecule has 5 atom stereocenters. The van der Waals surface area contributed by atoms with Crippen LogP contribution in [0.3, 0.4) is 0 Å². The van der Waals surface area contributed by atoms with Crippen LogP contribution < -0.4 is 11.2 Å². The molecule has 1 aromatic heterocycles. The van der Waals surface area contributed by atoms with E-state index in [0.29, 0.717) is 12.8 Å². The van der Waals surface area contributed by atoms with Crippen LogP contribution in [0.1, 0.15) is 32.4 Å². The number of aromatic nitrogens is 2. The maximum atomic E-state index is 12.8. The van der Waals surface area contributed by atoms with Gasteiger partial charge in [0.25, 0.3) is 5.56 Å². The van der Waals surface area contributed by atoms with Crippen LogP contribution in [0.4, 0.5) is 0 Å². The molecule has 1 N–H and O–H groups in total. The summed E-state index contributed by atoms with van der Waals surface area (Å²) in [5.74, 6) is -0.339. The number of phosphoric ester groups is 1. The number of hydrogen-bond acceptors (Lipinski definition) is 9. The molecule has 0 bridgehead atoms. The van der Waals surface area contributed by atoms with Crippen LogP contribution in [0, 0.1) is 0 Å². The highest BCUT2D eigenvalue weighted by Gasteiger charge is 2.60. The Morgan fingerprint density at radius 1 is 1.45 bits per heavy atom. The van der Waals surface area contributed by atoms with Crippen LogP contribution in [0.5, 0.6) is 0 Å². The maximum absolute atomic E-state index is 12.8. The summed E-state index contributed by atoms with van der Waals surface area (Å²) in [6, 6.07) is 1.17. The minimum absolute atomic E-state index is 0.0499. The van der Waals surface area contributed by atoms with E-state index >= 15 is 0 Å². The van der Waals surface area contributed by atoms with Gasteiger partial charge in [-0.15, -0.1) is 11.6 Å². The van der Waals surface area contributed by atoms with Crippen LogP contribution in [-0.2, 0) is 32.4 Å². The largest absolute Gasteiger partial charge is 0.475 e. The molecule has 0 unspecified atom stereocenters. The number of alkyl halides is 1. The molecule has 3 rings (SSSR count). The Bertz CT molecular complexity index is 914. The second-order valence-corrected chi connectivity index (χ2v) is 9.27. The molecule has 0 amide bonds. The van der Waals surface area contributed by atoms with Gasteiger partial charge in [-0.25, -0.2) is 9.36 Å². The van der Waals surface area contributed by atoms with Crippen molar-refractivity contribution in [3.8, 4) is 0 Å². The highest BCUT2D eigenvalue weighted by Crippen LogP contribution is 2.59. The lowest BCUT2D eigenvalue weighted by molar-refractivity contribution is -0.140. The first kappa shape index (κ1) is 22.2. The van der Waals surface area contributed by atoms with Crippen LogP contribution >= 0.6 is 19.4 Å². The molecule has 3 heterocycles. The third kappa shape index (κ3) is 4.82. The molecule has 2 fully saturated rings. The summed E-state index contributed by atoms with van der Waals surface area (Å²) in [5.41, 5.74) is -1.25. The Kier molecular flexibility index (Phi) is 6.67. The summed E-state index contributed by atoms with van der Waals surface area (Å²) in [6.07, 6.45) is -0.134. The average molecular weight is 453 g/mol. The second kappa shape index (κ2) is 8.71. The van der Waals surface area contributed by atoms with Crippen LogP contribution in [0.25, 0.3) is 0 Å². The number of unbranched alkanes of at least 4 members (excludes halogenated alkanes) is 1. The number of hydrogen-bond donors (Lipinski definition) is 1. The number of rotatable bonds is 7. The van der Waals surface area contributed by atoms with E-state index in [1.165, 1.54) is 19.4 Å². The van der Waals surface area contributed by atoms with Gasteiger partial charge in [-0.1, -0.05) is 0 Å². The number of nitrogens with zero attached hydrogens (tertiary/aromatic N) is 1. The molecule has 0 aromatic carbocycles. The summed E-state index contributed by atoms with van der Waals surface area (Å²) in [5, 5.41) is 0. The Morgan fingerprint density at radius 3 is 2.90 bits per heavy atom. The zero-order valence-corrected chi connectivity index (χ0v) is 17.5. The van der Waals surface area contributed by atoms with Crippen molar-refractivity contribution in [3.63, 3.8) is 0 Å². The van der Waals surface area contributed by atoms with Crippen molar-refractivity contribution in [2.45, 2.75) is 49.5 Å². The molecule has 2 aliphatic heterocycles. The summed E-state index contributed by atoms with van der Waals surface area (Å²) in [7, 11) is -2.59. The topological polar surface area (TPSA) is 135 Å². The zero-order valence-electron chi connectivity index (χ0n) is 15.9. The Morgan fingerprint density at radius 2 is 2.21 bits per heavy atom. The summed E-state index contributed by atoms with van der Waals surface area (Å²) < 4.78 is 40.3. The lowest BCUT2D eigenvalue weighted by Crippen LogP contribution is -2.45. The van der Waals surface area contributed by atoms with Crippen LogP contribution in [0.2, 0.25) is 0 Å². The minimum Gasteiger partial charge on any atom is -0.469 e. The third-order valence-electron chi connectivity index (χ3n) is 4.68. The first-order valence-electron chi connectivity index (χ1n) is 8.96. The van der Waals surface area contributed by atoms with E-state index in [0.717, 1.165) is 4.57 Å². The summed E-state index contributed by atoms with van der Waals surface area (Å²) >= 11 is 6.63. The van der Waals surface area contributed by atoms with Gasteiger partial charge in [-0.05, 0) is 19.8 Å². The number of ether oxygens (including phenoxy) is 2. The number of nitrogens with one attached hydrogen (secondary N) is 1. The van der Waals surface area contributed by atoms with Crippen molar-refractivity contribution >= 4 is 25.4 Å². The van der Waals surface area contributed by atoms with E-state index < -0.39 is 42.4 Å².